The number of carboxylic acids is 1. The fourth-order valence-electron chi connectivity index (χ4n) is 9.64. The molecule has 0 aromatic heterocycles. The third-order valence-electron chi connectivity index (χ3n) is 11.1. The fraction of sp³-hybridized carbons (Fsp3) is 0.974. The Morgan fingerprint density at radius 1 is 0.578 bits per heavy atom. The van der Waals surface area contributed by atoms with E-state index in [4.69, 9.17) is 9.68 Å². The molecular weight excluding hydrogens is 560 g/mol. The Morgan fingerprint density at radius 3 is 1.18 bits per heavy atom. The second-order valence-electron chi connectivity index (χ2n) is 17.3. The maximum atomic E-state index is 13.8. The first-order chi connectivity index (χ1) is 21.0. The molecule has 266 valence electrons. The Bertz CT molecular complexity index is 773. The molecule has 2 aliphatic heterocycles. The van der Waals surface area contributed by atoms with E-state index in [2.05, 4.69) is 86.3 Å². The first-order valence-electron chi connectivity index (χ1n) is 19.1. The number of carboxylic acid groups (broad SMARTS) is 1. The van der Waals surface area contributed by atoms with Crippen LogP contribution in [0.3, 0.4) is 0 Å². The minimum Gasteiger partial charge on any atom is -0.481 e. The molecule has 0 amide bonds. The van der Waals surface area contributed by atoms with Crippen LogP contribution < -0.4 is 0 Å². The summed E-state index contributed by atoms with van der Waals surface area (Å²) in [5.41, 5.74) is -1.80. The third kappa shape index (κ3) is 10.6. The van der Waals surface area contributed by atoms with Crippen LogP contribution >= 0.6 is 0 Å². The van der Waals surface area contributed by atoms with E-state index >= 15 is 0 Å². The standard InChI is InChI=1S/C39H76N2O4/c1-12-15-17-19-21-23-26-44-40-35(4,5)28-32(29-36(40,6)7)39(25-14-3,34(42)43)33-30-37(8,9)41(38(10,11)31-33)45-27-24-22-20-18-16-13-2/h32-33H,12-31H2,1-11H3,(H,42,43). The van der Waals surface area contributed by atoms with Crippen LogP contribution in [-0.4, -0.2) is 56.6 Å². The predicted molar refractivity (Wildman–Crippen MR) is 189 cm³/mol. The van der Waals surface area contributed by atoms with Crippen molar-refractivity contribution in [2.45, 2.75) is 214 Å². The van der Waals surface area contributed by atoms with Gasteiger partial charge in [0, 0.05) is 22.2 Å². The Kier molecular flexibility index (Phi) is 15.9. The summed E-state index contributed by atoms with van der Waals surface area (Å²) in [6.45, 7) is 26.3. The number of piperidine rings is 2. The van der Waals surface area contributed by atoms with Crippen LogP contribution in [0.5, 0.6) is 0 Å². The molecule has 2 aliphatic rings. The molecule has 6 nitrogen and oxygen atoms in total. The molecule has 45 heavy (non-hydrogen) atoms. The van der Waals surface area contributed by atoms with Gasteiger partial charge in [-0.3, -0.25) is 14.5 Å². The SMILES string of the molecule is CCCCCCCCON1C(C)(C)CC(C(CCC)(C(=O)O)C2CC(C)(C)N(OCCCCCCCC)C(C)(C)C2)CC1(C)C. The van der Waals surface area contributed by atoms with Crippen molar-refractivity contribution in [2.24, 2.45) is 17.3 Å². The molecule has 0 saturated carbocycles. The van der Waals surface area contributed by atoms with E-state index in [1.165, 1.54) is 64.2 Å². The van der Waals surface area contributed by atoms with Gasteiger partial charge in [0.1, 0.15) is 0 Å². The first-order valence-corrected chi connectivity index (χ1v) is 19.1. The van der Waals surface area contributed by atoms with Crippen LogP contribution in [0.2, 0.25) is 0 Å². The van der Waals surface area contributed by atoms with Crippen molar-refractivity contribution in [3.8, 4) is 0 Å². The highest BCUT2D eigenvalue weighted by molar-refractivity contribution is 5.76. The van der Waals surface area contributed by atoms with Crippen molar-refractivity contribution in [3.63, 3.8) is 0 Å². The Balaban J connectivity index is 2.24. The fourth-order valence-corrected chi connectivity index (χ4v) is 9.64. The zero-order valence-electron chi connectivity index (χ0n) is 31.9. The lowest BCUT2D eigenvalue weighted by molar-refractivity contribution is -0.307. The maximum absolute atomic E-state index is 13.8. The third-order valence-corrected chi connectivity index (χ3v) is 11.1. The molecule has 0 atom stereocenters. The number of aliphatic carboxylic acids is 1. The van der Waals surface area contributed by atoms with Gasteiger partial charge in [0.2, 0.25) is 0 Å². The Labute approximate surface area is 279 Å². The number of unbranched alkanes of at least 4 members (excludes halogenated alkanes) is 10. The molecule has 0 spiro atoms. The first kappa shape index (κ1) is 40.5. The van der Waals surface area contributed by atoms with Crippen LogP contribution in [0.15, 0.2) is 0 Å². The highest BCUT2D eigenvalue weighted by Gasteiger charge is 2.61. The number of hydrogen-bond acceptors (Lipinski definition) is 5. The molecule has 0 bridgehead atoms. The average Bonchev–Trinajstić information content (AvgIpc) is 2.91. The highest BCUT2D eigenvalue weighted by atomic mass is 16.7. The van der Waals surface area contributed by atoms with Crippen molar-refractivity contribution >= 4 is 5.97 Å². The van der Waals surface area contributed by atoms with Crippen LogP contribution in [-0.2, 0) is 14.5 Å². The molecule has 0 aromatic carbocycles. The molecule has 0 aromatic rings. The van der Waals surface area contributed by atoms with Crippen molar-refractivity contribution in [3.05, 3.63) is 0 Å². The van der Waals surface area contributed by atoms with Gasteiger partial charge in [-0.25, -0.2) is 0 Å². The van der Waals surface area contributed by atoms with Crippen LogP contribution in [0.25, 0.3) is 0 Å². The predicted octanol–water partition coefficient (Wildman–Crippen LogP) is 11.0. The molecule has 2 rings (SSSR count). The molecule has 1 N–H and O–H groups in total. The van der Waals surface area contributed by atoms with Gasteiger partial charge in [0.15, 0.2) is 0 Å². The Morgan fingerprint density at radius 2 is 0.889 bits per heavy atom. The van der Waals surface area contributed by atoms with Crippen molar-refractivity contribution in [1.29, 1.82) is 0 Å². The van der Waals surface area contributed by atoms with E-state index in [9.17, 15) is 9.90 Å². The quantitative estimate of drug-likeness (QED) is 0.126. The summed E-state index contributed by atoms with van der Waals surface area (Å²) in [5.74, 6) is -0.456. The second kappa shape index (κ2) is 17.6. The Hall–Kier alpha value is -0.690. The molecule has 0 aliphatic carbocycles. The number of rotatable bonds is 21. The van der Waals surface area contributed by atoms with Crippen molar-refractivity contribution in [2.75, 3.05) is 13.2 Å². The normalized spacial score (nSPS) is 22.6. The largest absolute Gasteiger partial charge is 0.481 e. The highest BCUT2D eigenvalue weighted by Crippen LogP contribution is 2.58. The van der Waals surface area contributed by atoms with Gasteiger partial charge < -0.3 is 5.11 Å². The van der Waals surface area contributed by atoms with E-state index in [-0.39, 0.29) is 34.0 Å². The summed E-state index contributed by atoms with van der Waals surface area (Å²) < 4.78 is 0. The number of nitrogens with zero attached hydrogens (tertiary/aromatic N) is 2. The molecular formula is C39H76N2O4. The lowest BCUT2D eigenvalue weighted by atomic mass is 9.52. The zero-order chi connectivity index (χ0) is 33.9. The molecule has 2 fully saturated rings. The summed E-state index contributed by atoms with van der Waals surface area (Å²) in [6, 6.07) is 0. The smallest absolute Gasteiger partial charge is 0.310 e. The molecule has 2 saturated heterocycles. The van der Waals surface area contributed by atoms with Gasteiger partial charge in [-0.1, -0.05) is 91.4 Å². The van der Waals surface area contributed by atoms with E-state index in [0.717, 1.165) is 58.2 Å². The molecule has 0 radical (unpaired) electrons. The lowest BCUT2D eigenvalue weighted by Crippen LogP contribution is -2.67. The van der Waals surface area contributed by atoms with Crippen LogP contribution in [0, 0.1) is 17.3 Å². The van der Waals surface area contributed by atoms with E-state index in [1.807, 2.05) is 0 Å². The summed E-state index contributed by atoms with van der Waals surface area (Å²) in [4.78, 5) is 26.9. The van der Waals surface area contributed by atoms with Crippen molar-refractivity contribution in [1.82, 2.24) is 10.1 Å². The van der Waals surface area contributed by atoms with Gasteiger partial charge in [0.05, 0.1) is 18.6 Å². The van der Waals surface area contributed by atoms with E-state index in [1.54, 1.807) is 0 Å². The van der Waals surface area contributed by atoms with Gasteiger partial charge in [-0.2, -0.15) is 10.1 Å². The number of carbonyl (C=O) groups is 1. The van der Waals surface area contributed by atoms with Crippen LogP contribution in [0.1, 0.15) is 192 Å². The monoisotopic (exact) mass is 637 g/mol. The summed E-state index contributed by atoms with van der Waals surface area (Å²) >= 11 is 0. The average molecular weight is 637 g/mol. The minimum absolute atomic E-state index is 0.0704. The second-order valence-corrected chi connectivity index (χ2v) is 17.3. The molecule has 2 heterocycles. The lowest BCUT2D eigenvalue weighted by Gasteiger charge is -2.61. The minimum atomic E-state index is -0.783. The van der Waals surface area contributed by atoms with Gasteiger partial charge in [0.25, 0.3) is 0 Å². The van der Waals surface area contributed by atoms with Gasteiger partial charge in [-0.15, -0.1) is 0 Å². The maximum Gasteiger partial charge on any atom is 0.310 e. The van der Waals surface area contributed by atoms with Gasteiger partial charge >= 0.3 is 5.97 Å². The zero-order valence-corrected chi connectivity index (χ0v) is 31.9. The summed E-state index contributed by atoms with van der Waals surface area (Å²) in [6.07, 6.45) is 19.8. The van der Waals surface area contributed by atoms with Crippen molar-refractivity contribution < 1.29 is 19.6 Å². The van der Waals surface area contributed by atoms with Crippen LogP contribution in [0.4, 0.5) is 0 Å². The molecule has 6 heteroatoms. The van der Waals surface area contributed by atoms with Gasteiger partial charge in [-0.05, 0) is 112 Å². The number of hydroxylamine groups is 4. The summed E-state index contributed by atoms with van der Waals surface area (Å²) in [7, 11) is 0. The number of hydrogen-bond donors (Lipinski definition) is 1. The summed E-state index contributed by atoms with van der Waals surface area (Å²) in [5, 5.41) is 15.8. The van der Waals surface area contributed by atoms with E-state index < -0.39 is 11.4 Å². The van der Waals surface area contributed by atoms with E-state index in [0.29, 0.717) is 6.42 Å². The topological polar surface area (TPSA) is 62.2 Å². The molecule has 0 unspecified atom stereocenters.